The minimum atomic E-state index is 0.453. The van der Waals surface area contributed by atoms with Gasteiger partial charge in [0.15, 0.2) is 0 Å². The van der Waals surface area contributed by atoms with Crippen LogP contribution >= 0.6 is 11.3 Å². The van der Waals surface area contributed by atoms with Crippen LogP contribution in [0.2, 0.25) is 0 Å². The number of rotatable bonds is 4. The highest BCUT2D eigenvalue weighted by Gasteiger charge is 2.14. The molecule has 1 aliphatic rings. The van der Waals surface area contributed by atoms with Gasteiger partial charge in [0.2, 0.25) is 0 Å². The van der Waals surface area contributed by atoms with Crippen LogP contribution in [0.3, 0.4) is 0 Å². The fourth-order valence-electron chi connectivity index (χ4n) is 1.93. The van der Waals surface area contributed by atoms with Gasteiger partial charge in [0.1, 0.15) is 6.29 Å². The second-order valence-corrected chi connectivity index (χ2v) is 4.90. The zero-order chi connectivity index (χ0) is 10.5. The number of carbonyl (C=O) groups excluding carboxylic acids is 1. The van der Waals surface area contributed by atoms with Crippen LogP contribution in [0.4, 0.5) is 0 Å². The highest BCUT2D eigenvalue weighted by atomic mass is 32.1. The molecule has 0 saturated carbocycles. The predicted octanol–water partition coefficient (Wildman–Crippen LogP) is 1.57. The van der Waals surface area contributed by atoms with E-state index in [1.807, 2.05) is 5.38 Å². The minimum Gasteiger partial charge on any atom is -0.314 e. The number of hydrogen-bond donors (Lipinski definition) is 1. The molecular weight excluding hydrogens is 208 g/mol. The Hall–Kier alpha value is -0.740. The Morgan fingerprint density at radius 3 is 3.27 bits per heavy atom. The van der Waals surface area contributed by atoms with Crippen LogP contribution in [-0.4, -0.2) is 23.9 Å². The van der Waals surface area contributed by atoms with E-state index in [0.717, 1.165) is 30.0 Å². The van der Waals surface area contributed by atoms with E-state index in [2.05, 4.69) is 10.3 Å². The molecule has 0 aliphatic carbocycles. The number of nitrogens with one attached hydrogen (secondary N) is 1. The number of piperidine rings is 1. The molecule has 0 amide bonds. The molecule has 3 nitrogen and oxygen atoms in total. The summed E-state index contributed by atoms with van der Waals surface area (Å²) in [5, 5.41) is 6.66. The van der Waals surface area contributed by atoms with E-state index >= 15 is 0 Å². The summed E-state index contributed by atoms with van der Waals surface area (Å²) >= 11 is 1.67. The van der Waals surface area contributed by atoms with Gasteiger partial charge in [-0.2, -0.15) is 0 Å². The third-order valence-electron chi connectivity index (χ3n) is 2.73. The van der Waals surface area contributed by atoms with Gasteiger partial charge in [-0.25, -0.2) is 4.98 Å². The Kier molecular flexibility index (Phi) is 3.86. The number of carbonyl (C=O) groups is 1. The van der Waals surface area contributed by atoms with Gasteiger partial charge in [-0.3, -0.25) is 0 Å². The van der Waals surface area contributed by atoms with Crippen molar-refractivity contribution >= 4 is 17.6 Å². The summed E-state index contributed by atoms with van der Waals surface area (Å²) in [5.74, 6) is 0. The molecule has 0 radical (unpaired) electrons. The Labute approximate surface area is 93.9 Å². The molecule has 1 saturated heterocycles. The Balaban J connectivity index is 1.88. The van der Waals surface area contributed by atoms with E-state index in [-0.39, 0.29) is 0 Å². The van der Waals surface area contributed by atoms with Crippen molar-refractivity contribution in [3.8, 4) is 0 Å². The smallest absolute Gasteiger partial charge is 0.125 e. The Morgan fingerprint density at radius 1 is 1.60 bits per heavy atom. The van der Waals surface area contributed by atoms with Crippen molar-refractivity contribution in [2.24, 2.45) is 0 Å². The summed E-state index contributed by atoms with van der Waals surface area (Å²) in [6, 6.07) is 0.592. The van der Waals surface area contributed by atoms with Crippen molar-refractivity contribution in [1.82, 2.24) is 10.3 Å². The van der Waals surface area contributed by atoms with E-state index in [1.54, 1.807) is 11.3 Å². The van der Waals surface area contributed by atoms with Crippen LogP contribution in [0, 0.1) is 0 Å². The molecule has 4 heteroatoms. The molecule has 1 aromatic heterocycles. The van der Waals surface area contributed by atoms with Crippen molar-refractivity contribution in [3.63, 3.8) is 0 Å². The van der Waals surface area contributed by atoms with Gasteiger partial charge < -0.3 is 10.1 Å². The van der Waals surface area contributed by atoms with E-state index in [4.69, 9.17) is 0 Å². The fourth-order valence-corrected chi connectivity index (χ4v) is 2.82. The fraction of sp³-hybridized carbons (Fsp3) is 0.636. The van der Waals surface area contributed by atoms with Crippen LogP contribution < -0.4 is 5.32 Å². The third-order valence-corrected chi connectivity index (χ3v) is 3.65. The summed E-state index contributed by atoms with van der Waals surface area (Å²) in [7, 11) is 0. The molecule has 1 aliphatic heterocycles. The molecule has 1 aromatic rings. The van der Waals surface area contributed by atoms with Gasteiger partial charge in [-0.05, 0) is 19.4 Å². The van der Waals surface area contributed by atoms with Crippen LogP contribution in [0.25, 0.3) is 0 Å². The normalized spacial score (nSPS) is 21.5. The van der Waals surface area contributed by atoms with E-state index in [1.165, 1.54) is 19.3 Å². The lowest BCUT2D eigenvalue weighted by atomic mass is 10.0. The number of hydrogen-bond acceptors (Lipinski definition) is 4. The van der Waals surface area contributed by atoms with Gasteiger partial charge in [0.05, 0.1) is 10.7 Å². The van der Waals surface area contributed by atoms with Crippen molar-refractivity contribution in [1.29, 1.82) is 0 Å². The molecule has 15 heavy (non-hydrogen) atoms. The second-order valence-electron chi connectivity index (χ2n) is 3.95. The Bertz CT molecular complexity index is 318. The first-order valence-electron chi connectivity index (χ1n) is 5.49. The van der Waals surface area contributed by atoms with Gasteiger partial charge in [-0.1, -0.05) is 6.42 Å². The first-order chi connectivity index (χ1) is 7.38. The van der Waals surface area contributed by atoms with Crippen molar-refractivity contribution in [2.45, 2.75) is 38.1 Å². The molecule has 82 valence electrons. The standard InChI is InChI=1S/C11H16N2OS/c14-6-4-10-8-15-11(13-10)7-9-3-1-2-5-12-9/h6,8-9,12H,1-5,7H2. The number of thiazole rings is 1. The first kappa shape index (κ1) is 10.8. The van der Waals surface area contributed by atoms with Gasteiger partial charge in [-0.15, -0.1) is 11.3 Å². The summed E-state index contributed by atoms with van der Waals surface area (Å²) in [6.45, 7) is 1.14. The lowest BCUT2D eigenvalue weighted by Gasteiger charge is -2.22. The number of nitrogens with zero attached hydrogens (tertiary/aromatic N) is 1. The molecule has 1 fully saturated rings. The lowest BCUT2D eigenvalue weighted by molar-refractivity contribution is -0.107. The molecular formula is C11H16N2OS. The zero-order valence-electron chi connectivity index (χ0n) is 8.74. The molecule has 2 rings (SSSR count). The van der Waals surface area contributed by atoms with Crippen LogP contribution in [0.5, 0.6) is 0 Å². The van der Waals surface area contributed by atoms with Gasteiger partial charge >= 0.3 is 0 Å². The highest BCUT2D eigenvalue weighted by molar-refractivity contribution is 7.09. The summed E-state index contributed by atoms with van der Waals surface area (Å²) in [6.07, 6.45) is 6.26. The lowest BCUT2D eigenvalue weighted by Crippen LogP contribution is -2.35. The quantitative estimate of drug-likeness (QED) is 0.789. The molecule has 1 unspecified atom stereocenters. The topological polar surface area (TPSA) is 42.0 Å². The maximum absolute atomic E-state index is 10.3. The SMILES string of the molecule is O=CCc1csc(CC2CCCCN2)n1. The maximum Gasteiger partial charge on any atom is 0.125 e. The van der Waals surface area contributed by atoms with Crippen LogP contribution in [-0.2, 0) is 17.6 Å². The van der Waals surface area contributed by atoms with E-state index in [0.29, 0.717) is 12.5 Å². The summed E-state index contributed by atoms with van der Waals surface area (Å²) in [5.41, 5.74) is 0.917. The average Bonchev–Trinajstić information content (AvgIpc) is 2.68. The van der Waals surface area contributed by atoms with E-state index in [9.17, 15) is 4.79 Å². The zero-order valence-corrected chi connectivity index (χ0v) is 9.55. The second kappa shape index (κ2) is 5.37. The third kappa shape index (κ3) is 3.11. The van der Waals surface area contributed by atoms with Gasteiger partial charge in [0.25, 0.3) is 0 Å². The number of aromatic nitrogens is 1. The molecule has 1 N–H and O–H groups in total. The first-order valence-corrected chi connectivity index (χ1v) is 6.37. The summed E-state index contributed by atoms with van der Waals surface area (Å²) in [4.78, 5) is 14.8. The Morgan fingerprint density at radius 2 is 2.53 bits per heavy atom. The van der Waals surface area contributed by atoms with Crippen LogP contribution in [0.1, 0.15) is 30.0 Å². The molecule has 0 spiro atoms. The van der Waals surface area contributed by atoms with Crippen molar-refractivity contribution in [3.05, 3.63) is 16.1 Å². The number of aldehydes is 1. The van der Waals surface area contributed by atoms with Gasteiger partial charge in [0, 0.05) is 24.3 Å². The average molecular weight is 224 g/mol. The molecule has 1 atom stereocenters. The van der Waals surface area contributed by atoms with Crippen molar-refractivity contribution < 1.29 is 4.79 Å². The maximum atomic E-state index is 10.3. The molecule has 0 aromatic carbocycles. The predicted molar refractivity (Wildman–Crippen MR) is 61.2 cm³/mol. The molecule has 2 heterocycles. The minimum absolute atomic E-state index is 0.453. The largest absolute Gasteiger partial charge is 0.314 e. The van der Waals surface area contributed by atoms with E-state index < -0.39 is 0 Å². The van der Waals surface area contributed by atoms with Crippen molar-refractivity contribution in [2.75, 3.05) is 6.54 Å². The van der Waals surface area contributed by atoms with Crippen LogP contribution in [0.15, 0.2) is 5.38 Å². The molecule has 0 bridgehead atoms. The highest BCUT2D eigenvalue weighted by Crippen LogP contribution is 2.16. The summed E-state index contributed by atoms with van der Waals surface area (Å²) < 4.78 is 0. The monoisotopic (exact) mass is 224 g/mol.